The van der Waals surface area contributed by atoms with E-state index < -0.39 is 16.8 Å². The highest BCUT2D eigenvalue weighted by Gasteiger charge is 2.09. The Hall–Kier alpha value is -2.02. The maximum atomic E-state index is 12.0. The second kappa shape index (κ2) is 5.09. The Labute approximate surface area is 106 Å². The van der Waals surface area contributed by atoms with Crippen LogP contribution in [0.3, 0.4) is 0 Å². The third kappa shape index (κ3) is 2.80. The van der Waals surface area contributed by atoms with Gasteiger partial charge in [0.1, 0.15) is 0 Å². The number of hydrogen-bond donors (Lipinski definition) is 1. The lowest BCUT2D eigenvalue weighted by molar-refractivity contribution is 0.0697. The molecule has 7 heteroatoms. The highest BCUT2D eigenvalue weighted by Crippen LogP contribution is 2.12. The number of rotatable bonds is 4. The van der Waals surface area contributed by atoms with Gasteiger partial charge in [0.05, 0.1) is 27.8 Å². The van der Waals surface area contributed by atoms with E-state index in [0.29, 0.717) is 10.6 Å². The molecule has 0 aliphatic rings. The molecule has 0 amide bonds. The van der Waals surface area contributed by atoms with Crippen molar-refractivity contribution in [3.63, 3.8) is 0 Å². The van der Waals surface area contributed by atoms with Crippen LogP contribution in [-0.4, -0.2) is 30.3 Å². The molecule has 0 aliphatic carbocycles. The standard InChI is InChI=1S/C11H11N3O3S/c1-14-6-9(12-13-14)7-18(17)10-4-2-8(3-5-10)11(15)16/h2-6H,7H2,1H3,(H,15,16). The molecule has 94 valence electrons. The summed E-state index contributed by atoms with van der Waals surface area (Å²) in [5.74, 6) is -0.735. The fourth-order valence-electron chi connectivity index (χ4n) is 1.43. The van der Waals surface area contributed by atoms with Crippen molar-refractivity contribution in [2.24, 2.45) is 7.05 Å². The molecule has 2 rings (SSSR count). The first-order valence-corrected chi connectivity index (χ1v) is 6.45. The lowest BCUT2D eigenvalue weighted by Crippen LogP contribution is -1.99. The van der Waals surface area contributed by atoms with Gasteiger partial charge in [-0.3, -0.25) is 8.89 Å². The molecule has 0 aliphatic heterocycles. The second-order valence-electron chi connectivity index (χ2n) is 3.70. The van der Waals surface area contributed by atoms with Crippen LogP contribution in [0.15, 0.2) is 35.4 Å². The van der Waals surface area contributed by atoms with Crippen molar-refractivity contribution in [3.8, 4) is 0 Å². The van der Waals surface area contributed by atoms with E-state index in [4.69, 9.17) is 5.11 Å². The summed E-state index contributed by atoms with van der Waals surface area (Å²) in [6.07, 6.45) is 1.70. The summed E-state index contributed by atoms with van der Waals surface area (Å²) >= 11 is 0. The molecule has 0 saturated heterocycles. The van der Waals surface area contributed by atoms with Crippen LogP contribution >= 0.6 is 0 Å². The van der Waals surface area contributed by atoms with Gasteiger partial charge in [0.25, 0.3) is 0 Å². The zero-order chi connectivity index (χ0) is 13.1. The van der Waals surface area contributed by atoms with E-state index in [1.165, 1.54) is 12.1 Å². The summed E-state index contributed by atoms with van der Waals surface area (Å²) in [5.41, 5.74) is 0.813. The van der Waals surface area contributed by atoms with Crippen LogP contribution in [0.5, 0.6) is 0 Å². The van der Waals surface area contributed by atoms with E-state index in [-0.39, 0.29) is 11.3 Å². The molecule has 1 heterocycles. The lowest BCUT2D eigenvalue weighted by Gasteiger charge is -2.00. The minimum atomic E-state index is -1.25. The Morgan fingerprint density at radius 3 is 2.56 bits per heavy atom. The van der Waals surface area contributed by atoms with Crippen LogP contribution < -0.4 is 0 Å². The van der Waals surface area contributed by atoms with Crippen molar-refractivity contribution in [1.82, 2.24) is 15.0 Å². The van der Waals surface area contributed by atoms with Gasteiger partial charge in [-0.15, -0.1) is 5.10 Å². The van der Waals surface area contributed by atoms with Crippen LogP contribution in [0, 0.1) is 0 Å². The molecule has 0 spiro atoms. The molecule has 0 saturated carbocycles. The smallest absolute Gasteiger partial charge is 0.335 e. The van der Waals surface area contributed by atoms with Crippen LogP contribution in [0.2, 0.25) is 0 Å². The number of carbonyl (C=O) groups is 1. The van der Waals surface area contributed by atoms with Crippen molar-refractivity contribution in [2.45, 2.75) is 10.6 Å². The highest BCUT2D eigenvalue weighted by molar-refractivity contribution is 7.84. The number of aromatic carboxylic acids is 1. The van der Waals surface area contributed by atoms with Crippen LogP contribution in [0.4, 0.5) is 0 Å². The van der Waals surface area contributed by atoms with Crippen molar-refractivity contribution in [1.29, 1.82) is 0 Å². The molecular weight excluding hydrogens is 254 g/mol. The zero-order valence-electron chi connectivity index (χ0n) is 9.61. The minimum absolute atomic E-state index is 0.176. The second-order valence-corrected chi connectivity index (χ2v) is 5.15. The van der Waals surface area contributed by atoms with E-state index in [1.807, 2.05) is 0 Å². The fraction of sp³-hybridized carbons (Fsp3) is 0.182. The van der Waals surface area contributed by atoms with Gasteiger partial charge < -0.3 is 5.11 Å². The molecular formula is C11H11N3O3S. The number of aryl methyl sites for hydroxylation is 1. The summed E-state index contributed by atoms with van der Waals surface area (Å²) < 4.78 is 13.5. The van der Waals surface area contributed by atoms with E-state index in [0.717, 1.165) is 0 Å². The Morgan fingerprint density at radius 1 is 1.39 bits per heavy atom. The van der Waals surface area contributed by atoms with Gasteiger partial charge in [-0.1, -0.05) is 5.21 Å². The Balaban J connectivity index is 2.11. The fourth-order valence-corrected chi connectivity index (χ4v) is 2.44. The SMILES string of the molecule is Cn1cc(CS(=O)c2ccc(C(=O)O)cc2)nn1. The van der Waals surface area contributed by atoms with E-state index in [2.05, 4.69) is 10.3 Å². The van der Waals surface area contributed by atoms with Gasteiger partial charge in [0.15, 0.2) is 0 Å². The number of carboxylic acid groups (broad SMARTS) is 1. The zero-order valence-corrected chi connectivity index (χ0v) is 10.4. The van der Waals surface area contributed by atoms with Gasteiger partial charge in [0, 0.05) is 18.1 Å². The molecule has 1 N–H and O–H groups in total. The lowest BCUT2D eigenvalue weighted by atomic mass is 10.2. The quantitative estimate of drug-likeness (QED) is 0.884. The van der Waals surface area contributed by atoms with Crippen molar-refractivity contribution < 1.29 is 14.1 Å². The maximum Gasteiger partial charge on any atom is 0.335 e. The van der Waals surface area contributed by atoms with Gasteiger partial charge >= 0.3 is 5.97 Å². The summed E-state index contributed by atoms with van der Waals surface area (Å²) in [6, 6.07) is 5.98. The molecule has 1 aromatic carbocycles. The molecule has 1 atom stereocenters. The predicted octanol–water partition coefficient (Wildman–Crippen LogP) is 0.821. The molecule has 1 aromatic heterocycles. The van der Waals surface area contributed by atoms with Crippen molar-refractivity contribution in [3.05, 3.63) is 41.7 Å². The van der Waals surface area contributed by atoms with Gasteiger partial charge in [0.2, 0.25) is 0 Å². The van der Waals surface area contributed by atoms with E-state index >= 15 is 0 Å². The topological polar surface area (TPSA) is 85.1 Å². The Morgan fingerprint density at radius 2 is 2.06 bits per heavy atom. The normalized spacial score (nSPS) is 12.3. The molecule has 2 aromatic rings. The third-order valence-electron chi connectivity index (χ3n) is 2.29. The predicted molar refractivity (Wildman–Crippen MR) is 64.5 cm³/mol. The number of benzene rings is 1. The molecule has 0 fully saturated rings. The van der Waals surface area contributed by atoms with Crippen LogP contribution in [0.1, 0.15) is 16.1 Å². The number of aromatic nitrogens is 3. The number of carboxylic acids is 1. The van der Waals surface area contributed by atoms with Crippen LogP contribution in [0.25, 0.3) is 0 Å². The Kier molecular flexibility index (Phi) is 3.52. The molecule has 0 bridgehead atoms. The van der Waals surface area contributed by atoms with Gasteiger partial charge in [-0.2, -0.15) is 0 Å². The molecule has 1 unspecified atom stereocenters. The summed E-state index contributed by atoms with van der Waals surface area (Å²) in [4.78, 5) is 11.3. The van der Waals surface area contributed by atoms with Gasteiger partial charge in [-0.05, 0) is 24.3 Å². The first-order valence-electron chi connectivity index (χ1n) is 5.13. The van der Waals surface area contributed by atoms with Crippen molar-refractivity contribution >= 4 is 16.8 Å². The Bertz CT molecular complexity index is 592. The summed E-state index contributed by atoms with van der Waals surface area (Å²) in [7, 11) is 0.486. The summed E-state index contributed by atoms with van der Waals surface area (Å²) in [5, 5.41) is 16.4. The number of hydrogen-bond acceptors (Lipinski definition) is 4. The number of nitrogens with zero attached hydrogens (tertiary/aromatic N) is 3. The highest BCUT2D eigenvalue weighted by atomic mass is 32.2. The first-order chi connectivity index (χ1) is 8.56. The largest absolute Gasteiger partial charge is 0.478 e. The molecule has 0 radical (unpaired) electrons. The maximum absolute atomic E-state index is 12.0. The van der Waals surface area contributed by atoms with E-state index in [1.54, 1.807) is 30.1 Å². The average molecular weight is 265 g/mol. The third-order valence-corrected chi connectivity index (χ3v) is 3.65. The summed E-state index contributed by atoms with van der Waals surface area (Å²) in [6.45, 7) is 0. The molecule has 18 heavy (non-hydrogen) atoms. The van der Waals surface area contributed by atoms with Crippen LogP contribution in [-0.2, 0) is 23.6 Å². The molecule has 6 nitrogen and oxygen atoms in total. The monoisotopic (exact) mass is 265 g/mol. The average Bonchev–Trinajstić information content (AvgIpc) is 2.75. The minimum Gasteiger partial charge on any atom is -0.478 e. The first kappa shape index (κ1) is 12.4. The van der Waals surface area contributed by atoms with E-state index in [9.17, 15) is 9.00 Å². The van der Waals surface area contributed by atoms with Crippen molar-refractivity contribution in [2.75, 3.05) is 0 Å². The van der Waals surface area contributed by atoms with Gasteiger partial charge in [-0.25, -0.2) is 4.79 Å².